The highest BCUT2D eigenvalue weighted by Gasteiger charge is 2.06. The van der Waals surface area contributed by atoms with Crippen molar-refractivity contribution in [2.24, 2.45) is 0 Å². The summed E-state index contributed by atoms with van der Waals surface area (Å²) < 4.78 is 5.20. The van der Waals surface area contributed by atoms with Crippen molar-refractivity contribution in [2.75, 3.05) is 7.11 Å². The van der Waals surface area contributed by atoms with Crippen LogP contribution < -0.4 is 10.1 Å². The molecule has 0 amide bonds. The van der Waals surface area contributed by atoms with E-state index in [4.69, 9.17) is 4.74 Å². The average Bonchev–Trinajstić information content (AvgIpc) is 2.89. The number of aromatic amines is 1. The van der Waals surface area contributed by atoms with Crippen LogP contribution in [-0.2, 0) is 6.54 Å². The quantitative estimate of drug-likeness (QED) is 0.823. The summed E-state index contributed by atoms with van der Waals surface area (Å²) in [6, 6.07) is 8.25. The van der Waals surface area contributed by atoms with Crippen LogP contribution in [0.3, 0.4) is 0 Å². The molecule has 1 aromatic carbocycles. The van der Waals surface area contributed by atoms with Gasteiger partial charge in [0.05, 0.1) is 13.7 Å². The molecule has 0 bridgehead atoms. The van der Waals surface area contributed by atoms with E-state index < -0.39 is 0 Å². The van der Waals surface area contributed by atoms with Crippen LogP contribution in [0.25, 0.3) is 0 Å². The highest BCUT2D eigenvalue weighted by Crippen LogP contribution is 2.18. The van der Waals surface area contributed by atoms with Crippen LogP contribution >= 0.6 is 0 Å². The van der Waals surface area contributed by atoms with Gasteiger partial charge >= 0.3 is 0 Å². The lowest BCUT2D eigenvalue weighted by Gasteiger charge is -2.14. The van der Waals surface area contributed by atoms with E-state index in [0.717, 1.165) is 11.6 Å². The van der Waals surface area contributed by atoms with Gasteiger partial charge in [-0.15, -0.1) is 0 Å². The molecular formula is C12H16N4O. The zero-order valence-corrected chi connectivity index (χ0v) is 9.97. The summed E-state index contributed by atoms with van der Waals surface area (Å²) in [5.74, 6) is 1.70. The normalized spacial score (nSPS) is 12.4. The monoisotopic (exact) mass is 232 g/mol. The Morgan fingerprint density at radius 2 is 2.35 bits per heavy atom. The lowest BCUT2D eigenvalue weighted by molar-refractivity contribution is 0.413. The highest BCUT2D eigenvalue weighted by atomic mass is 16.5. The van der Waals surface area contributed by atoms with Crippen LogP contribution in [0.1, 0.15) is 24.4 Å². The molecule has 0 aliphatic rings. The van der Waals surface area contributed by atoms with Crippen molar-refractivity contribution in [1.29, 1.82) is 0 Å². The van der Waals surface area contributed by atoms with Gasteiger partial charge in [-0.25, -0.2) is 4.98 Å². The Morgan fingerprint density at radius 1 is 1.47 bits per heavy atom. The molecule has 1 unspecified atom stereocenters. The number of hydrogen-bond donors (Lipinski definition) is 2. The van der Waals surface area contributed by atoms with Gasteiger partial charge in [0.1, 0.15) is 17.9 Å². The molecule has 0 radical (unpaired) electrons. The van der Waals surface area contributed by atoms with Gasteiger partial charge in [-0.2, -0.15) is 5.10 Å². The summed E-state index contributed by atoms with van der Waals surface area (Å²) in [5.41, 5.74) is 1.18. The topological polar surface area (TPSA) is 62.8 Å². The maximum Gasteiger partial charge on any atom is 0.138 e. The van der Waals surface area contributed by atoms with Crippen LogP contribution in [0.2, 0.25) is 0 Å². The Labute approximate surface area is 100 Å². The summed E-state index contributed by atoms with van der Waals surface area (Å²) >= 11 is 0. The molecule has 2 rings (SSSR count). The molecule has 5 nitrogen and oxygen atoms in total. The third kappa shape index (κ3) is 3.04. The average molecular weight is 232 g/mol. The smallest absolute Gasteiger partial charge is 0.138 e. The van der Waals surface area contributed by atoms with Gasteiger partial charge < -0.3 is 10.1 Å². The first-order chi connectivity index (χ1) is 8.29. The van der Waals surface area contributed by atoms with E-state index >= 15 is 0 Å². The van der Waals surface area contributed by atoms with Gasteiger partial charge in [-0.05, 0) is 24.6 Å². The third-order valence-corrected chi connectivity index (χ3v) is 2.63. The van der Waals surface area contributed by atoms with Crippen LogP contribution in [-0.4, -0.2) is 22.3 Å². The zero-order valence-electron chi connectivity index (χ0n) is 9.97. The predicted octanol–water partition coefficient (Wildman–Crippen LogP) is 1.66. The fourth-order valence-electron chi connectivity index (χ4n) is 1.59. The molecule has 5 heteroatoms. The molecule has 2 N–H and O–H groups in total. The number of methoxy groups -OCH3 is 1. The molecule has 1 atom stereocenters. The van der Waals surface area contributed by atoms with Crippen molar-refractivity contribution in [3.63, 3.8) is 0 Å². The molecule has 0 fully saturated rings. The van der Waals surface area contributed by atoms with E-state index in [0.29, 0.717) is 6.54 Å². The molecule has 2 aromatic rings. The van der Waals surface area contributed by atoms with Crippen molar-refractivity contribution >= 4 is 0 Å². The molecular weight excluding hydrogens is 216 g/mol. The van der Waals surface area contributed by atoms with E-state index in [-0.39, 0.29) is 6.04 Å². The zero-order chi connectivity index (χ0) is 12.1. The molecule has 0 aliphatic carbocycles. The number of ether oxygens (including phenoxy) is 1. The minimum atomic E-state index is 0.232. The molecule has 90 valence electrons. The molecule has 0 aliphatic heterocycles. The first-order valence-electron chi connectivity index (χ1n) is 5.51. The summed E-state index contributed by atoms with van der Waals surface area (Å²) in [4.78, 5) is 4.06. The summed E-state index contributed by atoms with van der Waals surface area (Å²) in [7, 11) is 1.67. The van der Waals surface area contributed by atoms with E-state index in [1.807, 2.05) is 18.2 Å². The van der Waals surface area contributed by atoms with Crippen LogP contribution in [0, 0.1) is 0 Å². The fraction of sp³-hybridized carbons (Fsp3) is 0.333. The van der Waals surface area contributed by atoms with Crippen LogP contribution in [0.15, 0.2) is 30.6 Å². The Hall–Kier alpha value is -1.88. The second-order valence-electron chi connectivity index (χ2n) is 3.81. The number of benzene rings is 1. The van der Waals surface area contributed by atoms with Crippen molar-refractivity contribution in [2.45, 2.75) is 19.5 Å². The lowest BCUT2D eigenvalue weighted by Crippen LogP contribution is -2.18. The van der Waals surface area contributed by atoms with Crippen LogP contribution in [0.5, 0.6) is 5.75 Å². The Kier molecular flexibility index (Phi) is 3.72. The summed E-state index contributed by atoms with van der Waals surface area (Å²) in [5, 5.41) is 9.99. The van der Waals surface area contributed by atoms with Crippen molar-refractivity contribution in [3.05, 3.63) is 42.0 Å². The van der Waals surface area contributed by atoms with Gasteiger partial charge in [0.2, 0.25) is 0 Å². The minimum Gasteiger partial charge on any atom is -0.497 e. The number of hydrogen-bond acceptors (Lipinski definition) is 4. The van der Waals surface area contributed by atoms with Crippen molar-refractivity contribution < 1.29 is 4.74 Å². The van der Waals surface area contributed by atoms with Gasteiger partial charge in [0.15, 0.2) is 0 Å². The number of rotatable bonds is 5. The second kappa shape index (κ2) is 5.45. The van der Waals surface area contributed by atoms with E-state index in [1.54, 1.807) is 7.11 Å². The fourth-order valence-corrected chi connectivity index (χ4v) is 1.59. The largest absolute Gasteiger partial charge is 0.497 e. The molecule has 0 saturated carbocycles. The van der Waals surface area contributed by atoms with E-state index in [2.05, 4.69) is 33.5 Å². The van der Waals surface area contributed by atoms with Crippen molar-refractivity contribution in [1.82, 2.24) is 20.5 Å². The molecule has 17 heavy (non-hydrogen) atoms. The summed E-state index contributed by atoms with van der Waals surface area (Å²) in [6.07, 6.45) is 1.51. The maximum absolute atomic E-state index is 5.20. The first-order valence-corrected chi connectivity index (χ1v) is 5.51. The molecule has 1 heterocycles. The Morgan fingerprint density at radius 3 is 3.06 bits per heavy atom. The summed E-state index contributed by atoms with van der Waals surface area (Å²) in [6.45, 7) is 2.77. The number of H-pyrrole nitrogens is 1. The highest BCUT2D eigenvalue weighted by molar-refractivity contribution is 5.30. The van der Waals surface area contributed by atoms with E-state index in [9.17, 15) is 0 Å². The van der Waals surface area contributed by atoms with Gasteiger partial charge in [-0.1, -0.05) is 12.1 Å². The van der Waals surface area contributed by atoms with Crippen molar-refractivity contribution in [3.8, 4) is 5.75 Å². The third-order valence-electron chi connectivity index (χ3n) is 2.63. The molecule has 0 spiro atoms. The first kappa shape index (κ1) is 11.6. The SMILES string of the molecule is COc1cccc(C(C)NCc2ncn[nH]2)c1. The maximum atomic E-state index is 5.20. The Balaban J connectivity index is 1.96. The second-order valence-corrected chi connectivity index (χ2v) is 3.81. The predicted molar refractivity (Wildman–Crippen MR) is 64.6 cm³/mol. The molecule has 1 aromatic heterocycles. The number of aromatic nitrogens is 3. The van der Waals surface area contributed by atoms with Crippen LogP contribution in [0.4, 0.5) is 0 Å². The van der Waals surface area contributed by atoms with Gasteiger partial charge in [-0.3, -0.25) is 5.10 Å². The standard InChI is InChI=1S/C12H16N4O/c1-9(13-7-12-14-8-15-16-12)10-4-3-5-11(6-10)17-2/h3-6,8-9,13H,7H2,1-2H3,(H,14,15,16). The number of nitrogens with one attached hydrogen (secondary N) is 2. The Bertz CT molecular complexity index is 455. The van der Waals surface area contributed by atoms with E-state index in [1.165, 1.54) is 11.9 Å². The lowest BCUT2D eigenvalue weighted by atomic mass is 10.1. The van der Waals surface area contributed by atoms with Gasteiger partial charge in [0, 0.05) is 6.04 Å². The number of nitrogens with zero attached hydrogens (tertiary/aromatic N) is 2. The molecule has 0 saturated heterocycles. The van der Waals surface area contributed by atoms with Gasteiger partial charge in [0.25, 0.3) is 0 Å². The minimum absolute atomic E-state index is 0.232.